The van der Waals surface area contributed by atoms with Crippen LogP contribution in [-0.2, 0) is 0 Å². The fraction of sp³-hybridized carbons (Fsp3) is 0.444. The van der Waals surface area contributed by atoms with Crippen LogP contribution in [0.25, 0.3) is 0 Å². The zero-order valence-electron chi connectivity index (χ0n) is 13.6. The Morgan fingerprint density at radius 1 is 1.00 bits per heavy atom. The van der Waals surface area contributed by atoms with Crippen molar-refractivity contribution in [3.8, 4) is 5.75 Å². The van der Waals surface area contributed by atoms with Crippen LogP contribution in [-0.4, -0.2) is 5.11 Å². The van der Waals surface area contributed by atoms with Gasteiger partial charge in [-0.05, 0) is 45.2 Å². The molecule has 0 saturated carbocycles. The smallest absolute Gasteiger partial charge is 0.115 e. The van der Waals surface area contributed by atoms with Gasteiger partial charge in [0.15, 0.2) is 0 Å². The number of aromatic hydroxyl groups is 1. The van der Waals surface area contributed by atoms with E-state index >= 15 is 0 Å². The van der Waals surface area contributed by atoms with E-state index in [0.29, 0.717) is 11.2 Å². The maximum atomic E-state index is 8.63. The van der Waals surface area contributed by atoms with Gasteiger partial charge in [0.2, 0.25) is 0 Å². The highest BCUT2D eigenvalue weighted by Crippen LogP contribution is 2.16. The van der Waals surface area contributed by atoms with E-state index in [1.54, 1.807) is 24.3 Å². The van der Waals surface area contributed by atoms with Crippen molar-refractivity contribution < 1.29 is 5.11 Å². The number of hydrogen-bond donors (Lipinski definition) is 1. The van der Waals surface area contributed by atoms with E-state index in [4.69, 9.17) is 5.11 Å². The third kappa shape index (κ3) is 26.2. The molecule has 1 aromatic carbocycles. The SMILES string of the molecule is C=C(C)C.CC(C)=CC(C)(C)C.Oc1ccccc1. The lowest BCUT2D eigenvalue weighted by Crippen LogP contribution is -1.99. The van der Waals surface area contributed by atoms with E-state index in [0.717, 1.165) is 0 Å². The molecule has 1 nitrogen and oxygen atoms in total. The average molecular weight is 262 g/mol. The molecule has 0 aromatic heterocycles. The van der Waals surface area contributed by atoms with Crippen molar-refractivity contribution in [1.29, 1.82) is 0 Å². The average Bonchev–Trinajstić information content (AvgIpc) is 2.14. The first-order valence-corrected chi connectivity index (χ1v) is 6.57. The van der Waals surface area contributed by atoms with Crippen molar-refractivity contribution in [1.82, 2.24) is 0 Å². The van der Waals surface area contributed by atoms with Gasteiger partial charge in [0.1, 0.15) is 5.75 Å². The summed E-state index contributed by atoms with van der Waals surface area (Å²) < 4.78 is 0. The van der Waals surface area contributed by atoms with Crippen molar-refractivity contribution in [3.05, 3.63) is 54.1 Å². The van der Waals surface area contributed by atoms with Gasteiger partial charge in [0, 0.05) is 0 Å². The highest BCUT2D eigenvalue weighted by Gasteiger charge is 2.03. The molecule has 1 aromatic rings. The van der Waals surface area contributed by atoms with Gasteiger partial charge in [0.25, 0.3) is 0 Å². The first kappa shape index (κ1) is 19.8. The molecule has 19 heavy (non-hydrogen) atoms. The molecular weight excluding hydrogens is 232 g/mol. The van der Waals surface area contributed by atoms with Crippen LogP contribution in [0.1, 0.15) is 48.5 Å². The van der Waals surface area contributed by atoms with Gasteiger partial charge in [-0.15, -0.1) is 6.58 Å². The summed E-state index contributed by atoms with van der Waals surface area (Å²) in [6, 6.07) is 8.71. The molecule has 0 aliphatic rings. The minimum Gasteiger partial charge on any atom is -0.508 e. The number of para-hydroxylation sites is 1. The summed E-state index contributed by atoms with van der Waals surface area (Å²) in [5.74, 6) is 0.322. The van der Waals surface area contributed by atoms with Gasteiger partial charge in [-0.2, -0.15) is 0 Å². The molecule has 0 bridgehead atoms. The molecule has 1 heteroatoms. The van der Waals surface area contributed by atoms with Crippen LogP contribution in [0.5, 0.6) is 5.75 Å². The van der Waals surface area contributed by atoms with Gasteiger partial charge in [-0.25, -0.2) is 0 Å². The molecule has 0 radical (unpaired) electrons. The summed E-state index contributed by atoms with van der Waals surface area (Å²) in [4.78, 5) is 0. The molecule has 1 rings (SSSR count). The second kappa shape index (κ2) is 10.4. The van der Waals surface area contributed by atoms with Gasteiger partial charge < -0.3 is 5.11 Å². The van der Waals surface area contributed by atoms with Gasteiger partial charge in [-0.1, -0.05) is 56.2 Å². The van der Waals surface area contributed by atoms with E-state index in [-0.39, 0.29) is 0 Å². The van der Waals surface area contributed by atoms with Crippen LogP contribution in [0.4, 0.5) is 0 Å². The molecule has 0 saturated heterocycles. The van der Waals surface area contributed by atoms with Crippen molar-refractivity contribution in [3.63, 3.8) is 0 Å². The largest absolute Gasteiger partial charge is 0.508 e. The third-order valence-electron chi connectivity index (χ3n) is 1.48. The van der Waals surface area contributed by atoms with Gasteiger partial charge >= 0.3 is 0 Å². The predicted octanol–water partition coefficient (Wildman–Crippen LogP) is 5.97. The molecule has 0 heterocycles. The van der Waals surface area contributed by atoms with Crippen LogP contribution in [0.2, 0.25) is 0 Å². The van der Waals surface area contributed by atoms with Crippen LogP contribution < -0.4 is 0 Å². The lowest BCUT2D eigenvalue weighted by Gasteiger charge is -2.11. The lowest BCUT2D eigenvalue weighted by atomic mass is 9.94. The van der Waals surface area contributed by atoms with Crippen molar-refractivity contribution >= 4 is 0 Å². The highest BCUT2D eigenvalue weighted by molar-refractivity contribution is 5.18. The molecule has 0 unspecified atom stereocenters. The Bertz CT molecular complexity index is 358. The molecule has 1 N–H and O–H groups in total. The fourth-order valence-electron chi connectivity index (χ4n) is 1.29. The molecule has 0 aliphatic carbocycles. The Morgan fingerprint density at radius 3 is 1.47 bits per heavy atom. The fourth-order valence-corrected chi connectivity index (χ4v) is 1.29. The zero-order chi connectivity index (χ0) is 15.5. The van der Waals surface area contributed by atoms with E-state index in [9.17, 15) is 0 Å². The summed E-state index contributed by atoms with van der Waals surface area (Å²) in [7, 11) is 0. The minimum absolute atomic E-state index is 0.322. The Hall–Kier alpha value is -1.50. The van der Waals surface area contributed by atoms with Gasteiger partial charge in [-0.3, -0.25) is 0 Å². The van der Waals surface area contributed by atoms with Gasteiger partial charge in [0.05, 0.1) is 0 Å². The van der Waals surface area contributed by atoms with Crippen LogP contribution in [0, 0.1) is 5.41 Å². The number of phenolic OH excluding ortho intramolecular Hbond substituents is 1. The number of benzene rings is 1. The maximum Gasteiger partial charge on any atom is 0.115 e. The van der Waals surface area contributed by atoms with Crippen molar-refractivity contribution in [2.24, 2.45) is 5.41 Å². The summed E-state index contributed by atoms with van der Waals surface area (Å²) in [6.45, 7) is 18.4. The summed E-state index contributed by atoms with van der Waals surface area (Å²) in [5.41, 5.74) is 2.93. The molecule has 0 spiro atoms. The summed E-state index contributed by atoms with van der Waals surface area (Å²) in [6.07, 6.45) is 2.27. The highest BCUT2D eigenvalue weighted by atomic mass is 16.3. The number of hydrogen-bond acceptors (Lipinski definition) is 1. The standard InChI is InChI=1S/C8H16.C6H6O.C4H8/c1-7(2)6-8(3,4)5;7-6-4-2-1-3-5-6;1-4(2)3/h6H,1-5H3;1-5,7H;1H2,2-3H3. The molecule has 0 aliphatic heterocycles. The molecule has 0 amide bonds. The van der Waals surface area contributed by atoms with Crippen LogP contribution >= 0.6 is 0 Å². The summed E-state index contributed by atoms with van der Waals surface area (Å²) >= 11 is 0. The quantitative estimate of drug-likeness (QED) is 0.571. The molecule has 108 valence electrons. The molecule has 0 fully saturated rings. The number of allylic oxidation sites excluding steroid dienone is 3. The van der Waals surface area contributed by atoms with Crippen LogP contribution in [0.3, 0.4) is 0 Å². The Labute approximate surface area is 119 Å². The topological polar surface area (TPSA) is 20.2 Å². The lowest BCUT2D eigenvalue weighted by molar-refractivity contribution is 0.475. The third-order valence-corrected chi connectivity index (χ3v) is 1.48. The Morgan fingerprint density at radius 2 is 1.37 bits per heavy atom. The molecule has 0 atom stereocenters. The number of rotatable bonds is 0. The van der Waals surface area contributed by atoms with Crippen LogP contribution in [0.15, 0.2) is 54.1 Å². The number of phenols is 1. The monoisotopic (exact) mass is 262 g/mol. The first-order chi connectivity index (χ1) is 8.54. The van der Waals surface area contributed by atoms with E-state index in [2.05, 4.69) is 47.3 Å². The maximum absolute atomic E-state index is 8.63. The second-order valence-corrected chi connectivity index (χ2v) is 6.13. The Kier molecular flexibility index (Phi) is 10.9. The van der Waals surface area contributed by atoms with Crippen molar-refractivity contribution in [2.45, 2.75) is 48.5 Å². The first-order valence-electron chi connectivity index (χ1n) is 6.57. The predicted molar refractivity (Wildman–Crippen MR) is 87.5 cm³/mol. The van der Waals surface area contributed by atoms with Crippen molar-refractivity contribution in [2.75, 3.05) is 0 Å². The van der Waals surface area contributed by atoms with E-state index in [1.165, 1.54) is 11.1 Å². The normalized spacial score (nSPS) is 9.21. The Balaban J connectivity index is 0. The van der Waals surface area contributed by atoms with E-state index in [1.807, 2.05) is 19.9 Å². The summed E-state index contributed by atoms with van der Waals surface area (Å²) in [5, 5.41) is 8.63. The zero-order valence-corrected chi connectivity index (χ0v) is 13.6. The van der Waals surface area contributed by atoms with E-state index < -0.39 is 0 Å². The minimum atomic E-state index is 0.322. The second-order valence-electron chi connectivity index (χ2n) is 6.13. The molecular formula is C18H30O.